The lowest BCUT2D eigenvalue weighted by Crippen LogP contribution is -1.91. The highest BCUT2D eigenvalue weighted by atomic mass is 35.5. The van der Waals surface area contributed by atoms with Crippen molar-refractivity contribution in [2.24, 2.45) is 0 Å². The number of nitrogens with one attached hydrogen (secondary N) is 1. The van der Waals surface area contributed by atoms with Gasteiger partial charge in [0.25, 0.3) is 0 Å². The third-order valence-corrected chi connectivity index (χ3v) is 3.43. The van der Waals surface area contributed by atoms with Crippen molar-refractivity contribution >= 4 is 28.9 Å². The highest BCUT2D eigenvalue weighted by Gasteiger charge is 2.07. The van der Waals surface area contributed by atoms with Crippen LogP contribution in [0.25, 0.3) is 11.4 Å². The summed E-state index contributed by atoms with van der Waals surface area (Å²) in [5, 5.41) is 8.36. The number of nitrogens with zero attached hydrogens (tertiary/aromatic N) is 2. The number of H-pyrrole nitrogens is 1. The van der Waals surface area contributed by atoms with Gasteiger partial charge in [-0.25, -0.2) is 4.98 Å². The summed E-state index contributed by atoms with van der Waals surface area (Å²) in [5.41, 5.74) is 8.27. The van der Waals surface area contributed by atoms with Crippen LogP contribution >= 0.6 is 23.2 Å². The van der Waals surface area contributed by atoms with Crippen molar-refractivity contribution < 1.29 is 0 Å². The smallest absolute Gasteiger partial charge is 0.181 e. The maximum Gasteiger partial charge on any atom is 0.181 e. The highest BCUT2D eigenvalue weighted by molar-refractivity contribution is 6.34. The molecule has 4 nitrogen and oxygen atoms in total. The highest BCUT2D eigenvalue weighted by Crippen LogP contribution is 2.21. The van der Waals surface area contributed by atoms with Gasteiger partial charge in [-0.05, 0) is 48.0 Å². The summed E-state index contributed by atoms with van der Waals surface area (Å²) in [6.45, 7) is 0. The van der Waals surface area contributed by atoms with E-state index in [0.29, 0.717) is 28.0 Å². The van der Waals surface area contributed by atoms with Gasteiger partial charge in [0.1, 0.15) is 5.82 Å². The van der Waals surface area contributed by atoms with Gasteiger partial charge >= 0.3 is 0 Å². The quantitative estimate of drug-likeness (QED) is 0.718. The van der Waals surface area contributed by atoms with Gasteiger partial charge in [-0.2, -0.15) is 5.10 Å². The van der Waals surface area contributed by atoms with Crippen molar-refractivity contribution in [3.05, 3.63) is 63.9 Å². The Bertz CT molecular complexity index is 745. The van der Waals surface area contributed by atoms with Crippen LogP contribution in [0.4, 0.5) is 5.69 Å². The molecular formula is C15H12Cl2N4. The number of nitrogens with two attached hydrogens (primary N) is 1. The molecule has 3 rings (SSSR count). The molecule has 2 aromatic carbocycles. The Balaban J connectivity index is 1.83. The SMILES string of the molecule is Nc1ccc(-c2n[nH]c(Cc3cc(Cl)cc(Cl)c3)n2)cc1. The number of aromatic amines is 1. The molecule has 0 aliphatic heterocycles. The van der Waals surface area contributed by atoms with E-state index in [0.717, 1.165) is 17.0 Å². The molecule has 3 aromatic rings. The lowest BCUT2D eigenvalue weighted by molar-refractivity contribution is 0.973. The molecule has 106 valence electrons. The Morgan fingerprint density at radius 2 is 1.67 bits per heavy atom. The maximum absolute atomic E-state index is 5.99. The number of hydrogen-bond acceptors (Lipinski definition) is 3. The average molecular weight is 319 g/mol. The fourth-order valence-corrected chi connectivity index (χ4v) is 2.61. The fourth-order valence-electron chi connectivity index (χ4n) is 2.04. The van der Waals surface area contributed by atoms with Crippen molar-refractivity contribution in [2.45, 2.75) is 6.42 Å². The van der Waals surface area contributed by atoms with Crippen LogP contribution in [0, 0.1) is 0 Å². The Morgan fingerprint density at radius 1 is 1.00 bits per heavy atom. The Morgan fingerprint density at radius 3 is 2.33 bits per heavy atom. The van der Waals surface area contributed by atoms with Crippen LogP contribution in [0.15, 0.2) is 42.5 Å². The lowest BCUT2D eigenvalue weighted by Gasteiger charge is -2.00. The number of rotatable bonds is 3. The van der Waals surface area contributed by atoms with Gasteiger partial charge in [-0.15, -0.1) is 0 Å². The summed E-state index contributed by atoms with van der Waals surface area (Å²) in [5.74, 6) is 1.39. The van der Waals surface area contributed by atoms with E-state index >= 15 is 0 Å². The largest absolute Gasteiger partial charge is 0.399 e. The van der Waals surface area contributed by atoms with E-state index in [1.807, 2.05) is 36.4 Å². The first-order valence-electron chi connectivity index (χ1n) is 6.32. The number of aromatic nitrogens is 3. The summed E-state index contributed by atoms with van der Waals surface area (Å²) < 4.78 is 0. The van der Waals surface area contributed by atoms with Gasteiger partial charge in [-0.3, -0.25) is 5.10 Å². The Hall–Kier alpha value is -2.04. The van der Waals surface area contributed by atoms with Gasteiger partial charge < -0.3 is 5.73 Å². The monoisotopic (exact) mass is 318 g/mol. The molecule has 1 heterocycles. The molecule has 6 heteroatoms. The van der Waals surface area contributed by atoms with E-state index in [9.17, 15) is 0 Å². The van der Waals surface area contributed by atoms with E-state index in [4.69, 9.17) is 28.9 Å². The number of benzene rings is 2. The molecule has 0 saturated carbocycles. The number of nitrogen functional groups attached to an aromatic ring is 1. The zero-order chi connectivity index (χ0) is 14.8. The van der Waals surface area contributed by atoms with Crippen molar-refractivity contribution in [2.75, 3.05) is 5.73 Å². The minimum Gasteiger partial charge on any atom is -0.399 e. The van der Waals surface area contributed by atoms with E-state index in [-0.39, 0.29) is 0 Å². The Kier molecular flexibility index (Phi) is 3.82. The second-order valence-electron chi connectivity index (χ2n) is 4.68. The van der Waals surface area contributed by atoms with Gasteiger partial charge in [0.05, 0.1) is 0 Å². The molecule has 0 aliphatic rings. The second kappa shape index (κ2) is 5.76. The van der Waals surface area contributed by atoms with Crippen LogP contribution in [0.5, 0.6) is 0 Å². The molecule has 1 aromatic heterocycles. The second-order valence-corrected chi connectivity index (χ2v) is 5.56. The molecule has 21 heavy (non-hydrogen) atoms. The normalized spacial score (nSPS) is 10.8. The first-order chi connectivity index (χ1) is 10.1. The first kappa shape index (κ1) is 13.9. The van der Waals surface area contributed by atoms with Crippen LogP contribution in [0.2, 0.25) is 10.0 Å². The number of anilines is 1. The van der Waals surface area contributed by atoms with E-state index in [1.54, 1.807) is 6.07 Å². The molecule has 3 N–H and O–H groups in total. The minimum absolute atomic E-state index is 0.586. The van der Waals surface area contributed by atoms with Crippen LogP contribution in [-0.4, -0.2) is 15.2 Å². The Labute approximate surface area is 131 Å². The van der Waals surface area contributed by atoms with Crippen LogP contribution in [0.3, 0.4) is 0 Å². The van der Waals surface area contributed by atoms with Gasteiger partial charge in [0, 0.05) is 27.7 Å². The third-order valence-electron chi connectivity index (χ3n) is 2.99. The molecule has 0 atom stereocenters. The van der Waals surface area contributed by atoms with E-state index < -0.39 is 0 Å². The zero-order valence-electron chi connectivity index (χ0n) is 11.0. The number of halogens is 2. The summed E-state index contributed by atoms with van der Waals surface area (Å²) in [6.07, 6.45) is 0.586. The molecule has 0 bridgehead atoms. The van der Waals surface area contributed by atoms with Crippen LogP contribution in [0.1, 0.15) is 11.4 Å². The fraction of sp³-hybridized carbons (Fsp3) is 0.0667. The molecular weight excluding hydrogens is 307 g/mol. The molecule has 0 aliphatic carbocycles. The van der Waals surface area contributed by atoms with Crippen molar-refractivity contribution in [3.63, 3.8) is 0 Å². The molecule has 0 unspecified atom stereocenters. The summed E-state index contributed by atoms with van der Waals surface area (Å²) >= 11 is 12.0. The predicted octanol–water partition coefficient (Wildman–Crippen LogP) is 3.95. The molecule has 0 radical (unpaired) electrons. The van der Waals surface area contributed by atoms with Crippen molar-refractivity contribution in [3.8, 4) is 11.4 Å². The van der Waals surface area contributed by atoms with Gasteiger partial charge in [0.2, 0.25) is 0 Å². The molecule has 0 spiro atoms. The van der Waals surface area contributed by atoms with Gasteiger partial charge in [-0.1, -0.05) is 23.2 Å². The lowest BCUT2D eigenvalue weighted by atomic mass is 10.1. The summed E-state index contributed by atoms with van der Waals surface area (Å²) in [7, 11) is 0. The number of hydrogen-bond donors (Lipinski definition) is 2. The maximum atomic E-state index is 5.99. The molecule has 0 amide bonds. The van der Waals surface area contributed by atoms with Crippen molar-refractivity contribution in [1.29, 1.82) is 0 Å². The average Bonchev–Trinajstić information content (AvgIpc) is 2.87. The summed E-state index contributed by atoms with van der Waals surface area (Å²) in [6, 6.07) is 12.8. The zero-order valence-corrected chi connectivity index (χ0v) is 12.5. The van der Waals surface area contributed by atoms with E-state index in [1.165, 1.54) is 0 Å². The van der Waals surface area contributed by atoms with E-state index in [2.05, 4.69) is 15.2 Å². The minimum atomic E-state index is 0.586. The van der Waals surface area contributed by atoms with Crippen LogP contribution < -0.4 is 5.73 Å². The van der Waals surface area contributed by atoms with Crippen LogP contribution in [-0.2, 0) is 6.42 Å². The predicted molar refractivity (Wildman–Crippen MR) is 85.5 cm³/mol. The van der Waals surface area contributed by atoms with Crippen molar-refractivity contribution in [1.82, 2.24) is 15.2 Å². The molecule has 0 saturated heterocycles. The third kappa shape index (κ3) is 3.35. The first-order valence-corrected chi connectivity index (χ1v) is 7.08. The summed E-state index contributed by atoms with van der Waals surface area (Å²) in [4.78, 5) is 4.47. The topological polar surface area (TPSA) is 67.6 Å². The standard InChI is InChI=1S/C15H12Cl2N4/c16-11-5-9(6-12(17)8-11)7-14-19-15(21-20-14)10-1-3-13(18)4-2-10/h1-6,8H,7,18H2,(H,19,20,21). The molecule has 0 fully saturated rings. The van der Waals surface area contributed by atoms with Gasteiger partial charge in [0.15, 0.2) is 5.82 Å².